The Bertz CT molecular complexity index is 359. The summed E-state index contributed by atoms with van der Waals surface area (Å²) < 4.78 is 2.34. The van der Waals surface area contributed by atoms with Gasteiger partial charge in [-0.15, -0.1) is 0 Å². The Hall–Kier alpha value is -0.990. The molecule has 3 heteroatoms. The highest BCUT2D eigenvalue weighted by atomic mass is 15.2. The van der Waals surface area contributed by atoms with Crippen LogP contribution in [0.2, 0.25) is 0 Å². The minimum absolute atomic E-state index is 0.729. The Kier molecular flexibility index (Phi) is 2.62. The summed E-state index contributed by atoms with van der Waals surface area (Å²) >= 11 is 0. The quantitative estimate of drug-likeness (QED) is 0.843. The first kappa shape index (κ1) is 10.2. The molecule has 3 rings (SSSR count). The monoisotopic (exact) mass is 219 g/mol. The first-order chi connectivity index (χ1) is 7.83. The summed E-state index contributed by atoms with van der Waals surface area (Å²) in [4.78, 5) is 4.58. The molecule has 0 aliphatic heterocycles. The van der Waals surface area contributed by atoms with Crippen LogP contribution in [0.1, 0.15) is 50.3 Å². The summed E-state index contributed by atoms with van der Waals surface area (Å²) in [6.45, 7) is 3.20. The third-order valence-corrected chi connectivity index (χ3v) is 3.82. The van der Waals surface area contributed by atoms with Crippen LogP contribution >= 0.6 is 0 Å². The van der Waals surface area contributed by atoms with E-state index in [4.69, 9.17) is 0 Å². The molecule has 2 fully saturated rings. The van der Waals surface area contributed by atoms with Crippen LogP contribution in [0.4, 0.5) is 5.95 Å². The summed E-state index contributed by atoms with van der Waals surface area (Å²) in [6, 6.07) is 0.729. The summed E-state index contributed by atoms with van der Waals surface area (Å²) in [6.07, 6.45) is 10.5. The van der Waals surface area contributed by atoms with E-state index in [1.807, 2.05) is 0 Å². The fraction of sp³-hybridized carbons (Fsp3) is 0.769. The van der Waals surface area contributed by atoms with Gasteiger partial charge in [0.1, 0.15) is 0 Å². The van der Waals surface area contributed by atoms with E-state index in [2.05, 4.69) is 28.0 Å². The van der Waals surface area contributed by atoms with Crippen LogP contribution in [0.25, 0.3) is 0 Å². The second-order valence-electron chi connectivity index (χ2n) is 5.38. The third kappa shape index (κ3) is 2.08. The Labute approximate surface area is 97.3 Å². The van der Waals surface area contributed by atoms with Crippen LogP contribution in [-0.2, 0) is 0 Å². The van der Waals surface area contributed by atoms with E-state index in [0.717, 1.165) is 30.1 Å². The van der Waals surface area contributed by atoms with Crippen molar-refractivity contribution in [3.8, 4) is 0 Å². The van der Waals surface area contributed by atoms with Crippen molar-refractivity contribution in [3.05, 3.63) is 11.9 Å². The molecule has 88 valence electrons. The number of nitrogens with one attached hydrogen (secondary N) is 1. The number of imidazole rings is 1. The van der Waals surface area contributed by atoms with Crippen LogP contribution in [0.3, 0.4) is 0 Å². The second kappa shape index (κ2) is 4.11. The molecule has 1 heterocycles. The lowest BCUT2D eigenvalue weighted by atomic mass is 10.1. The zero-order valence-corrected chi connectivity index (χ0v) is 10.1. The number of aryl methyl sites for hydroxylation is 1. The van der Waals surface area contributed by atoms with Gasteiger partial charge < -0.3 is 9.88 Å². The first-order valence-electron chi connectivity index (χ1n) is 6.62. The lowest BCUT2D eigenvalue weighted by molar-refractivity contribution is 0.574. The van der Waals surface area contributed by atoms with Crippen molar-refractivity contribution >= 4 is 5.95 Å². The molecule has 0 unspecified atom stereocenters. The highest BCUT2D eigenvalue weighted by Gasteiger charge is 2.26. The molecule has 1 aromatic rings. The number of nitrogens with zero attached hydrogens (tertiary/aromatic N) is 2. The van der Waals surface area contributed by atoms with E-state index >= 15 is 0 Å². The van der Waals surface area contributed by atoms with E-state index in [0.29, 0.717) is 0 Å². The van der Waals surface area contributed by atoms with E-state index in [-0.39, 0.29) is 0 Å². The van der Waals surface area contributed by atoms with Gasteiger partial charge >= 0.3 is 0 Å². The minimum Gasteiger partial charge on any atom is -0.355 e. The van der Waals surface area contributed by atoms with E-state index in [9.17, 15) is 0 Å². The smallest absolute Gasteiger partial charge is 0.203 e. The van der Waals surface area contributed by atoms with Gasteiger partial charge in [-0.2, -0.15) is 0 Å². The van der Waals surface area contributed by atoms with Crippen LogP contribution in [0.15, 0.2) is 6.20 Å². The number of hydrogen-bond acceptors (Lipinski definition) is 2. The predicted molar refractivity (Wildman–Crippen MR) is 65.7 cm³/mol. The van der Waals surface area contributed by atoms with Crippen LogP contribution in [0.5, 0.6) is 0 Å². The molecule has 0 spiro atoms. The molecule has 2 saturated carbocycles. The average molecular weight is 219 g/mol. The lowest BCUT2D eigenvalue weighted by Gasteiger charge is -2.12. The maximum atomic E-state index is 4.58. The summed E-state index contributed by atoms with van der Waals surface area (Å²) in [5.41, 5.74) is 1.14. The fourth-order valence-corrected chi connectivity index (χ4v) is 2.73. The molecule has 2 aliphatic rings. The van der Waals surface area contributed by atoms with Crippen LogP contribution in [-0.4, -0.2) is 16.1 Å². The molecular weight excluding hydrogens is 198 g/mol. The maximum Gasteiger partial charge on any atom is 0.203 e. The largest absolute Gasteiger partial charge is 0.355 e. The van der Waals surface area contributed by atoms with Crippen molar-refractivity contribution in [1.82, 2.24) is 9.55 Å². The van der Waals surface area contributed by atoms with Crippen molar-refractivity contribution in [1.29, 1.82) is 0 Å². The number of rotatable bonds is 4. The first-order valence-corrected chi connectivity index (χ1v) is 6.62. The van der Waals surface area contributed by atoms with Gasteiger partial charge in [-0.25, -0.2) is 4.98 Å². The highest BCUT2D eigenvalue weighted by Crippen LogP contribution is 2.37. The molecule has 1 aromatic heterocycles. The van der Waals surface area contributed by atoms with Gasteiger partial charge in [0.15, 0.2) is 0 Å². The molecule has 1 N–H and O–H groups in total. The van der Waals surface area contributed by atoms with Crippen molar-refractivity contribution in [2.45, 2.75) is 51.5 Å². The Morgan fingerprint density at radius 2 is 2.06 bits per heavy atom. The van der Waals surface area contributed by atoms with Gasteiger partial charge in [0.05, 0.1) is 5.69 Å². The highest BCUT2D eigenvalue weighted by molar-refractivity contribution is 5.30. The van der Waals surface area contributed by atoms with Crippen molar-refractivity contribution in [3.63, 3.8) is 0 Å². The SMILES string of the molecule is Cc1cn(C2CC2)c(NCC2CCCC2)n1. The summed E-state index contributed by atoms with van der Waals surface area (Å²) in [5, 5.41) is 3.55. The molecule has 2 aliphatic carbocycles. The zero-order valence-electron chi connectivity index (χ0n) is 10.1. The Morgan fingerprint density at radius 3 is 2.75 bits per heavy atom. The number of aromatic nitrogens is 2. The zero-order chi connectivity index (χ0) is 11.0. The number of anilines is 1. The molecule has 0 bridgehead atoms. The Balaban J connectivity index is 1.63. The molecule has 0 aromatic carbocycles. The molecule has 3 nitrogen and oxygen atoms in total. The van der Waals surface area contributed by atoms with Gasteiger partial charge in [-0.3, -0.25) is 0 Å². The topological polar surface area (TPSA) is 29.9 Å². The third-order valence-electron chi connectivity index (χ3n) is 3.82. The molecule has 0 saturated heterocycles. The van der Waals surface area contributed by atoms with Crippen LogP contribution < -0.4 is 5.32 Å². The second-order valence-corrected chi connectivity index (χ2v) is 5.38. The van der Waals surface area contributed by atoms with Crippen molar-refractivity contribution < 1.29 is 0 Å². The normalized spacial score (nSPS) is 21.6. The fourth-order valence-electron chi connectivity index (χ4n) is 2.73. The van der Waals surface area contributed by atoms with Gasteiger partial charge in [-0.1, -0.05) is 12.8 Å². The Morgan fingerprint density at radius 1 is 1.31 bits per heavy atom. The van der Waals surface area contributed by atoms with E-state index in [1.165, 1.54) is 38.5 Å². The average Bonchev–Trinajstić information content (AvgIpc) is 2.85. The van der Waals surface area contributed by atoms with Gasteiger partial charge in [0, 0.05) is 18.8 Å². The van der Waals surface area contributed by atoms with Gasteiger partial charge in [-0.05, 0) is 38.5 Å². The molecule has 0 atom stereocenters. The maximum absolute atomic E-state index is 4.58. The molecule has 0 amide bonds. The number of hydrogen-bond donors (Lipinski definition) is 1. The van der Waals surface area contributed by atoms with Gasteiger partial charge in [0.25, 0.3) is 0 Å². The molecule has 16 heavy (non-hydrogen) atoms. The van der Waals surface area contributed by atoms with Crippen molar-refractivity contribution in [2.75, 3.05) is 11.9 Å². The van der Waals surface area contributed by atoms with Crippen LogP contribution in [0, 0.1) is 12.8 Å². The summed E-state index contributed by atoms with van der Waals surface area (Å²) in [5.74, 6) is 1.98. The lowest BCUT2D eigenvalue weighted by Crippen LogP contribution is -2.14. The van der Waals surface area contributed by atoms with E-state index in [1.54, 1.807) is 0 Å². The van der Waals surface area contributed by atoms with Crippen molar-refractivity contribution in [2.24, 2.45) is 5.92 Å². The standard InChI is InChI=1S/C13H21N3/c1-10-9-16(12-6-7-12)13(15-10)14-8-11-4-2-3-5-11/h9,11-12H,2-8H2,1H3,(H,14,15). The molecule has 0 radical (unpaired) electrons. The minimum atomic E-state index is 0.729. The van der Waals surface area contributed by atoms with E-state index < -0.39 is 0 Å². The van der Waals surface area contributed by atoms with Gasteiger partial charge in [0.2, 0.25) is 5.95 Å². The predicted octanol–water partition coefficient (Wildman–Crippen LogP) is 3.13. The summed E-state index contributed by atoms with van der Waals surface area (Å²) in [7, 11) is 0. The molecular formula is C13H21N3.